The first kappa shape index (κ1) is 34.6. The van der Waals surface area contributed by atoms with Crippen LogP contribution in [0.25, 0.3) is 12.2 Å². The Morgan fingerprint density at radius 2 is 1.65 bits per heavy atom. The van der Waals surface area contributed by atoms with Crippen molar-refractivity contribution in [3.05, 3.63) is 48.0 Å². The minimum Gasteiger partial charge on any atom is -0.400 e. The van der Waals surface area contributed by atoms with Gasteiger partial charge in [-0.05, 0) is 60.6 Å². The fourth-order valence-corrected chi connectivity index (χ4v) is 4.69. The van der Waals surface area contributed by atoms with E-state index in [-0.39, 0.29) is 17.7 Å². The van der Waals surface area contributed by atoms with Crippen molar-refractivity contribution < 1.29 is 14.7 Å². The van der Waals surface area contributed by atoms with E-state index in [1.807, 2.05) is 32.0 Å². The smallest absolute Gasteiger partial charge is 0.242 e. The molecule has 0 radical (unpaired) electrons. The summed E-state index contributed by atoms with van der Waals surface area (Å²) in [6.07, 6.45) is 12.5. The molecule has 1 aromatic carbocycles. The van der Waals surface area contributed by atoms with Crippen LogP contribution in [0, 0.1) is 17.8 Å². The molecule has 0 aromatic heterocycles. The summed E-state index contributed by atoms with van der Waals surface area (Å²) in [5, 5.41) is 13.2. The van der Waals surface area contributed by atoms with E-state index < -0.39 is 6.04 Å². The molecule has 0 bridgehead atoms. The number of aliphatic hydroxyl groups excluding tert-OH is 1. The molecule has 5 nitrogen and oxygen atoms in total. The number of hydrogen-bond donors (Lipinski definition) is 3. The summed E-state index contributed by atoms with van der Waals surface area (Å²) in [6.45, 7) is 19.0. The van der Waals surface area contributed by atoms with E-state index in [1.54, 1.807) is 12.2 Å². The predicted octanol–water partition coefficient (Wildman–Crippen LogP) is 6.79. The van der Waals surface area contributed by atoms with Gasteiger partial charge in [0, 0.05) is 26.0 Å². The fourth-order valence-electron chi connectivity index (χ4n) is 4.69. The third-order valence-electron chi connectivity index (χ3n) is 6.97. The van der Waals surface area contributed by atoms with Crippen molar-refractivity contribution in [1.82, 2.24) is 10.6 Å². The number of benzene rings is 1. The molecule has 1 aromatic rings. The molecule has 5 heteroatoms. The lowest BCUT2D eigenvalue weighted by Gasteiger charge is -2.28. The Morgan fingerprint density at radius 1 is 1.03 bits per heavy atom. The van der Waals surface area contributed by atoms with Gasteiger partial charge in [0.05, 0.1) is 0 Å². The van der Waals surface area contributed by atoms with E-state index in [1.165, 1.54) is 6.42 Å². The summed E-state index contributed by atoms with van der Waals surface area (Å²) in [5.74, 6) is 1.35. The van der Waals surface area contributed by atoms with Crippen LogP contribution in [0.3, 0.4) is 0 Å². The largest absolute Gasteiger partial charge is 0.400 e. The lowest BCUT2D eigenvalue weighted by atomic mass is 9.80. The van der Waals surface area contributed by atoms with Crippen molar-refractivity contribution in [1.29, 1.82) is 0 Å². The van der Waals surface area contributed by atoms with Gasteiger partial charge >= 0.3 is 0 Å². The number of rotatable bonds is 13. The van der Waals surface area contributed by atoms with Gasteiger partial charge in [0.15, 0.2) is 0 Å². The van der Waals surface area contributed by atoms with Crippen molar-refractivity contribution in [2.24, 2.45) is 17.8 Å². The van der Waals surface area contributed by atoms with Crippen molar-refractivity contribution in [3.63, 3.8) is 0 Å². The van der Waals surface area contributed by atoms with Gasteiger partial charge in [-0.25, -0.2) is 0 Å². The average Bonchev–Trinajstić information content (AvgIpc) is 2.94. The van der Waals surface area contributed by atoms with Crippen LogP contribution in [0.1, 0.15) is 103 Å². The summed E-state index contributed by atoms with van der Waals surface area (Å²) >= 11 is 0. The van der Waals surface area contributed by atoms with Gasteiger partial charge in [0.1, 0.15) is 6.04 Å². The molecule has 2 rings (SSSR count). The van der Waals surface area contributed by atoms with E-state index >= 15 is 0 Å². The molecule has 1 atom stereocenters. The van der Waals surface area contributed by atoms with E-state index in [2.05, 4.69) is 44.6 Å². The molecule has 2 amide bonds. The second-order valence-corrected chi connectivity index (χ2v) is 9.94. The minimum atomic E-state index is -0.571. The number of aliphatic hydroxyl groups is 1. The monoisotopic (exact) mass is 514 g/mol. The van der Waals surface area contributed by atoms with Crippen LogP contribution in [0.5, 0.6) is 0 Å². The zero-order valence-corrected chi connectivity index (χ0v) is 24.4. The molecule has 1 aliphatic rings. The van der Waals surface area contributed by atoms with E-state index in [0.29, 0.717) is 18.9 Å². The van der Waals surface area contributed by atoms with Gasteiger partial charge in [0.2, 0.25) is 11.8 Å². The van der Waals surface area contributed by atoms with E-state index in [0.717, 1.165) is 74.7 Å². The van der Waals surface area contributed by atoms with Crippen molar-refractivity contribution in [2.75, 3.05) is 13.7 Å². The molecular formula is C32H54N2O3. The summed E-state index contributed by atoms with van der Waals surface area (Å²) in [4.78, 5) is 26.1. The number of amides is 2. The highest BCUT2D eigenvalue weighted by Crippen LogP contribution is 2.30. The van der Waals surface area contributed by atoms with Crippen LogP contribution < -0.4 is 10.6 Å². The number of unbranched alkanes of at least 4 members (excludes halogenated alkanes) is 1. The molecular weight excluding hydrogens is 460 g/mol. The maximum Gasteiger partial charge on any atom is 0.242 e. The molecule has 0 heterocycles. The molecule has 210 valence electrons. The zero-order chi connectivity index (χ0) is 28.2. The first-order valence-corrected chi connectivity index (χ1v) is 14.3. The Hall–Kier alpha value is -2.40. The van der Waals surface area contributed by atoms with Gasteiger partial charge in [-0.3, -0.25) is 9.59 Å². The van der Waals surface area contributed by atoms with Gasteiger partial charge in [-0.1, -0.05) is 97.4 Å². The number of carbonyl (C=O) groups is 2. The highest BCUT2D eigenvalue weighted by molar-refractivity contribution is 5.88. The third kappa shape index (κ3) is 13.1. The third-order valence-corrected chi connectivity index (χ3v) is 6.97. The first-order chi connectivity index (χ1) is 17.9. The summed E-state index contributed by atoms with van der Waals surface area (Å²) in [7, 11) is 1.00. The number of nitrogens with one attached hydrogen (secondary N) is 2. The molecule has 1 unspecified atom stereocenters. The molecule has 0 saturated heterocycles. The van der Waals surface area contributed by atoms with Crippen LogP contribution in [-0.4, -0.2) is 36.6 Å². The van der Waals surface area contributed by atoms with E-state index in [4.69, 9.17) is 5.11 Å². The molecule has 3 N–H and O–H groups in total. The Labute approximate surface area is 227 Å². The van der Waals surface area contributed by atoms with Crippen LogP contribution in [-0.2, 0) is 16.0 Å². The Bertz CT molecular complexity index is 795. The summed E-state index contributed by atoms with van der Waals surface area (Å²) < 4.78 is 0. The van der Waals surface area contributed by atoms with Crippen molar-refractivity contribution in [2.45, 2.75) is 98.4 Å². The zero-order valence-electron chi connectivity index (χ0n) is 24.4. The van der Waals surface area contributed by atoms with Crippen molar-refractivity contribution in [3.8, 4) is 0 Å². The molecule has 1 saturated carbocycles. The van der Waals surface area contributed by atoms with Gasteiger partial charge in [0.25, 0.3) is 0 Å². The molecule has 1 fully saturated rings. The second-order valence-electron chi connectivity index (χ2n) is 9.94. The van der Waals surface area contributed by atoms with Gasteiger partial charge in [-0.15, -0.1) is 0 Å². The Morgan fingerprint density at radius 3 is 2.19 bits per heavy atom. The SMILES string of the molecule is C=Cc1ccc(CC(NC(=O)C2CCC(CC)CC2)C(=O)NCCCCC(C)C)cc1C=C.CC.CO. The maximum absolute atomic E-state index is 13.1. The first-order valence-electron chi connectivity index (χ1n) is 14.3. The predicted molar refractivity (Wildman–Crippen MR) is 159 cm³/mol. The number of carbonyl (C=O) groups excluding carboxylic acids is 2. The fraction of sp³-hybridized carbons (Fsp3) is 0.625. The lowest BCUT2D eigenvalue weighted by molar-refractivity contribution is -0.132. The molecule has 0 aliphatic heterocycles. The van der Waals surface area contributed by atoms with Gasteiger partial charge < -0.3 is 15.7 Å². The summed E-state index contributed by atoms with van der Waals surface area (Å²) in [5.41, 5.74) is 3.00. The number of hydrogen-bond acceptors (Lipinski definition) is 3. The topological polar surface area (TPSA) is 78.4 Å². The molecule has 37 heavy (non-hydrogen) atoms. The Kier molecular flexibility index (Phi) is 19.3. The van der Waals surface area contributed by atoms with Crippen LogP contribution in [0.15, 0.2) is 31.4 Å². The second kappa shape index (κ2) is 20.6. The normalized spacial score (nSPS) is 17.3. The standard InChI is InChI=1S/C29H44N2O2.C2H6.CH4O/c1-6-22-12-16-26(17-13-22)28(32)31-27(29(33)30-18-10-9-11-21(4)5)20-23-14-15-24(7-2)25(8-3)19-23;2*1-2/h7-8,14-15,19,21-22,26-27H,2-3,6,9-13,16-18,20H2,1,4-5H3,(H,30,33)(H,31,32);1-2H3;2H,1H3. The highest BCUT2D eigenvalue weighted by Gasteiger charge is 2.29. The molecule has 1 aliphatic carbocycles. The van der Waals surface area contributed by atoms with Gasteiger partial charge in [-0.2, -0.15) is 0 Å². The quantitative estimate of drug-likeness (QED) is 0.254. The van der Waals surface area contributed by atoms with Crippen molar-refractivity contribution >= 4 is 24.0 Å². The van der Waals surface area contributed by atoms with Crippen LogP contribution >= 0.6 is 0 Å². The highest BCUT2D eigenvalue weighted by atomic mass is 16.2. The maximum atomic E-state index is 13.1. The van der Waals surface area contributed by atoms with Crippen LogP contribution in [0.4, 0.5) is 0 Å². The Balaban J connectivity index is 0.00000308. The van der Waals surface area contributed by atoms with E-state index in [9.17, 15) is 9.59 Å². The van der Waals surface area contributed by atoms with Crippen LogP contribution in [0.2, 0.25) is 0 Å². The average molecular weight is 515 g/mol. The molecule has 0 spiro atoms. The lowest BCUT2D eigenvalue weighted by Crippen LogP contribution is -2.50. The summed E-state index contributed by atoms with van der Waals surface area (Å²) in [6, 6.07) is 5.46. The minimum absolute atomic E-state index is 0.0148.